The third kappa shape index (κ3) is 3.70. The van der Waals surface area contributed by atoms with Gasteiger partial charge < -0.3 is 9.64 Å². The minimum atomic E-state index is -0.748. The van der Waals surface area contributed by atoms with E-state index in [0.717, 1.165) is 28.5 Å². The van der Waals surface area contributed by atoms with E-state index in [2.05, 4.69) is 29.3 Å². The van der Waals surface area contributed by atoms with E-state index in [9.17, 15) is 9.59 Å². The van der Waals surface area contributed by atoms with Gasteiger partial charge in [0.1, 0.15) is 0 Å². The summed E-state index contributed by atoms with van der Waals surface area (Å²) < 4.78 is 5.49. The van der Waals surface area contributed by atoms with E-state index < -0.39 is 5.41 Å². The van der Waals surface area contributed by atoms with E-state index in [-0.39, 0.29) is 11.9 Å². The quantitative estimate of drug-likeness (QED) is 0.653. The van der Waals surface area contributed by atoms with E-state index in [1.165, 1.54) is 0 Å². The lowest BCUT2D eigenvalue weighted by atomic mass is 9.74. The number of H-pyrrole nitrogens is 1. The Balaban J connectivity index is 1.65. The van der Waals surface area contributed by atoms with Crippen LogP contribution in [0, 0.1) is 12.3 Å². The zero-order valence-corrected chi connectivity index (χ0v) is 17.5. The molecule has 1 aromatic heterocycles. The Morgan fingerprint density at radius 1 is 1.17 bits per heavy atom. The van der Waals surface area contributed by atoms with E-state index in [4.69, 9.17) is 4.74 Å². The van der Waals surface area contributed by atoms with Crippen LogP contribution in [0.1, 0.15) is 41.4 Å². The van der Waals surface area contributed by atoms with Gasteiger partial charge in [-0.2, -0.15) is 5.10 Å². The van der Waals surface area contributed by atoms with Crippen LogP contribution in [0.3, 0.4) is 0 Å². The highest BCUT2D eigenvalue weighted by atomic mass is 16.5. The van der Waals surface area contributed by atoms with Crippen LogP contribution in [-0.2, 0) is 16.0 Å². The molecule has 30 heavy (non-hydrogen) atoms. The molecule has 6 heteroatoms. The molecular weight excluding hydrogens is 378 g/mol. The lowest BCUT2D eigenvalue weighted by Crippen LogP contribution is -2.51. The van der Waals surface area contributed by atoms with Crippen molar-refractivity contribution in [3.63, 3.8) is 0 Å². The average Bonchev–Trinajstić information content (AvgIpc) is 3.19. The van der Waals surface area contributed by atoms with Gasteiger partial charge in [0.15, 0.2) is 5.69 Å². The number of para-hydroxylation sites is 1. The number of fused-ring (bicyclic) bond motifs is 1. The van der Waals surface area contributed by atoms with Crippen LogP contribution in [0.15, 0.2) is 48.5 Å². The molecule has 0 saturated carbocycles. The fourth-order valence-corrected chi connectivity index (χ4v) is 4.42. The van der Waals surface area contributed by atoms with E-state index >= 15 is 0 Å². The number of aryl methyl sites for hydroxylation is 1. The number of nitrogens with zero attached hydrogens (tertiary/aromatic N) is 2. The third-order valence-electron chi connectivity index (χ3n) is 6.04. The van der Waals surface area contributed by atoms with E-state index in [1.54, 1.807) is 4.90 Å². The number of likely N-dealkylation sites (tertiary alicyclic amines) is 1. The summed E-state index contributed by atoms with van der Waals surface area (Å²) >= 11 is 0. The summed E-state index contributed by atoms with van der Waals surface area (Å²) in [5, 5.41) is 7.99. The number of hydrogen-bond donors (Lipinski definition) is 1. The monoisotopic (exact) mass is 405 g/mol. The maximum absolute atomic E-state index is 13.4. The molecule has 1 atom stereocenters. The van der Waals surface area contributed by atoms with Crippen LogP contribution >= 0.6 is 0 Å². The Bertz CT molecular complexity index is 1070. The molecule has 4 rings (SSSR count). The van der Waals surface area contributed by atoms with Crippen LogP contribution in [-0.4, -0.2) is 46.7 Å². The van der Waals surface area contributed by atoms with Crippen molar-refractivity contribution in [2.45, 2.75) is 33.1 Å². The Morgan fingerprint density at radius 3 is 2.73 bits per heavy atom. The summed E-state index contributed by atoms with van der Waals surface area (Å²) in [5.41, 5.74) is 2.74. The molecule has 0 unspecified atom stereocenters. The number of benzene rings is 2. The Hall–Kier alpha value is -3.15. The molecule has 2 heterocycles. The number of carbonyl (C=O) groups is 2. The lowest BCUT2D eigenvalue weighted by Gasteiger charge is -2.41. The lowest BCUT2D eigenvalue weighted by molar-refractivity contribution is -0.158. The largest absolute Gasteiger partial charge is 0.466 e. The fourth-order valence-electron chi connectivity index (χ4n) is 4.42. The smallest absolute Gasteiger partial charge is 0.314 e. The first-order chi connectivity index (χ1) is 14.5. The molecule has 0 aliphatic carbocycles. The van der Waals surface area contributed by atoms with Crippen molar-refractivity contribution >= 4 is 22.8 Å². The third-order valence-corrected chi connectivity index (χ3v) is 6.04. The topological polar surface area (TPSA) is 75.3 Å². The maximum Gasteiger partial charge on any atom is 0.314 e. The van der Waals surface area contributed by atoms with Gasteiger partial charge in [-0.1, -0.05) is 42.5 Å². The van der Waals surface area contributed by atoms with Gasteiger partial charge in [-0.25, -0.2) is 0 Å². The normalized spacial score (nSPS) is 19.1. The van der Waals surface area contributed by atoms with Gasteiger partial charge in [-0.15, -0.1) is 0 Å². The minimum Gasteiger partial charge on any atom is -0.466 e. The highest BCUT2D eigenvalue weighted by Crippen LogP contribution is 2.37. The molecule has 1 N–H and O–H groups in total. The maximum atomic E-state index is 13.4. The Labute approximate surface area is 176 Å². The number of aromatic nitrogens is 2. The summed E-state index contributed by atoms with van der Waals surface area (Å²) in [5.74, 6) is -0.372. The predicted octanol–water partition coefficient (Wildman–Crippen LogP) is 3.90. The van der Waals surface area contributed by atoms with E-state index in [0.29, 0.717) is 38.2 Å². The summed E-state index contributed by atoms with van der Waals surface area (Å²) in [4.78, 5) is 28.2. The van der Waals surface area contributed by atoms with Crippen LogP contribution in [0.25, 0.3) is 10.9 Å². The number of carbonyl (C=O) groups excluding carboxylic acids is 2. The van der Waals surface area contributed by atoms with Crippen LogP contribution in [0.4, 0.5) is 0 Å². The van der Waals surface area contributed by atoms with Gasteiger partial charge in [-0.05, 0) is 50.3 Å². The van der Waals surface area contributed by atoms with Gasteiger partial charge >= 0.3 is 5.97 Å². The minimum absolute atomic E-state index is 0.148. The Morgan fingerprint density at radius 2 is 1.93 bits per heavy atom. The van der Waals surface area contributed by atoms with Gasteiger partial charge in [0.2, 0.25) is 0 Å². The molecule has 2 aromatic carbocycles. The summed E-state index contributed by atoms with van der Waals surface area (Å²) in [6, 6.07) is 15.7. The highest BCUT2D eigenvalue weighted by Gasteiger charge is 2.45. The molecule has 1 amide bonds. The Kier molecular flexibility index (Phi) is 5.57. The number of nitrogens with one attached hydrogen (secondary N) is 1. The SMILES string of the molecule is CCOC(=O)[C@@]1(Cc2ccccc2C)CCCN(C(=O)c2n[nH]c3ccccc23)C1. The van der Waals surface area contributed by atoms with Gasteiger partial charge in [-0.3, -0.25) is 14.7 Å². The number of ether oxygens (including phenoxy) is 1. The first-order valence-corrected chi connectivity index (χ1v) is 10.5. The zero-order chi connectivity index (χ0) is 21.1. The van der Waals surface area contributed by atoms with Crippen molar-refractivity contribution in [1.82, 2.24) is 15.1 Å². The van der Waals surface area contributed by atoms with Crippen LogP contribution in [0.2, 0.25) is 0 Å². The molecular formula is C24H27N3O3. The fraction of sp³-hybridized carbons (Fsp3) is 0.375. The van der Waals surface area contributed by atoms with Gasteiger partial charge in [0.05, 0.1) is 17.5 Å². The molecule has 1 aliphatic heterocycles. The average molecular weight is 405 g/mol. The number of esters is 1. The summed E-state index contributed by atoms with van der Waals surface area (Å²) in [6.07, 6.45) is 2.01. The molecule has 1 fully saturated rings. The van der Waals surface area contributed by atoms with Crippen molar-refractivity contribution < 1.29 is 14.3 Å². The molecule has 6 nitrogen and oxygen atoms in total. The van der Waals surface area contributed by atoms with Crippen LogP contribution < -0.4 is 0 Å². The van der Waals surface area contributed by atoms with Gasteiger partial charge in [0, 0.05) is 18.5 Å². The summed E-state index contributed by atoms with van der Waals surface area (Å²) in [6.45, 7) is 5.14. The second kappa shape index (κ2) is 8.30. The molecule has 0 bridgehead atoms. The molecule has 1 aliphatic rings. The molecule has 0 radical (unpaired) electrons. The second-order valence-corrected chi connectivity index (χ2v) is 8.05. The van der Waals surface area contributed by atoms with Crippen molar-refractivity contribution in [3.8, 4) is 0 Å². The van der Waals surface area contributed by atoms with Crippen molar-refractivity contribution in [2.75, 3.05) is 19.7 Å². The number of aromatic amines is 1. The van der Waals surface area contributed by atoms with Crippen molar-refractivity contribution in [3.05, 3.63) is 65.4 Å². The summed E-state index contributed by atoms with van der Waals surface area (Å²) in [7, 11) is 0. The number of hydrogen-bond acceptors (Lipinski definition) is 4. The zero-order valence-electron chi connectivity index (χ0n) is 17.5. The predicted molar refractivity (Wildman–Crippen MR) is 115 cm³/mol. The number of amides is 1. The van der Waals surface area contributed by atoms with Crippen molar-refractivity contribution in [1.29, 1.82) is 0 Å². The van der Waals surface area contributed by atoms with Gasteiger partial charge in [0.25, 0.3) is 5.91 Å². The first-order valence-electron chi connectivity index (χ1n) is 10.5. The first kappa shape index (κ1) is 20.1. The second-order valence-electron chi connectivity index (χ2n) is 8.05. The number of piperidine rings is 1. The van der Waals surface area contributed by atoms with E-state index in [1.807, 2.05) is 43.3 Å². The highest BCUT2D eigenvalue weighted by molar-refractivity contribution is 6.04. The molecule has 156 valence electrons. The van der Waals surface area contributed by atoms with Crippen LogP contribution in [0.5, 0.6) is 0 Å². The molecule has 3 aromatic rings. The standard InChI is InChI=1S/C24H27N3O3/c1-3-30-23(29)24(15-18-10-5-4-9-17(18)2)13-8-14-27(16-24)22(28)21-19-11-6-7-12-20(19)25-26-21/h4-7,9-12H,3,8,13-16H2,1-2H3,(H,25,26)/t24-/m1/s1. The molecule has 0 spiro atoms. The molecule has 1 saturated heterocycles. The number of rotatable bonds is 5. The van der Waals surface area contributed by atoms with Crippen molar-refractivity contribution in [2.24, 2.45) is 5.41 Å².